The lowest BCUT2D eigenvalue weighted by Gasteiger charge is -2.31. The first-order chi connectivity index (χ1) is 14.2. The van der Waals surface area contributed by atoms with Gasteiger partial charge >= 0.3 is 5.97 Å². The molecule has 0 aliphatic carbocycles. The van der Waals surface area contributed by atoms with Crippen LogP contribution in [0.15, 0.2) is 65.8 Å². The fourth-order valence-electron chi connectivity index (χ4n) is 4.10. The van der Waals surface area contributed by atoms with Crippen LogP contribution in [0.3, 0.4) is 0 Å². The standard InChI is InChI=1S/C23H25N3O3/c1-2-29-23(28)19-16-21(26(24-19)18-12-7-4-8-13-18)22(27)25-15-9-14-20(25)17-10-5-3-6-11-17/h3-8,10-13,20-21H,2,9,14-16H2,1H3. The Morgan fingerprint density at radius 2 is 1.76 bits per heavy atom. The third-order valence-corrected chi connectivity index (χ3v) is 5.45. The van der Waals surface area contributed by atoms with Gasteiger partial charge in [-0.15, -0.1) is 0 Å². The van der Waals surface area contributed by atoms with Crippen LogP contribution in [0.25, 0.3) is 0 Å². The normalized spacial score (nSPS) is 21.2. The van der Waals surface area contributed by atoms with E-state index in [4.69, 9.17) is 4.74 Å². The van der Waals surface area contributed by atoms with Crippen LogP contribution in [0, 0.1) is 0 Å². The van der Waals surface area contributed by atoms with Crippen LogP contribution in [0.4, 0.5) is 5.69 Å². The summed E-state index contributed by atoms with van der Waals surface area (Å²) in [6.45, 7) is 2.76. The SMILES string of the molecule is CCOC(=O)C1=NN(c2ccccc2)C(C(=O)N2CCCC2c2ccccc2)C1. The Kier molecular flexibility index (Phi) is 5.60. The molecule has 0 radical (unpaired) electrons. The van der Waals surface area contributed by atoms with Crippen LogP contribution in [0.2, 0.25) is 0 Å². The number of likely N-dealkylation sites (tertiary alicyclic amines) is 1. The van der Waals surface area contributed by atoms with Gasteiger partial charge in [0, 0.05) is 13.0 Å². The fraction of sp³-hybridized carbons (Fsp3) is 0.348. The molecule has 2 aliphatic heterocycles. The zero-order valence-corrected chi connectivity index (χ0v) is 16.5. The molecule has 2 aliphatic rings. The third kappa shape index (κ3) is 3.88. The average Bonchev–Trinajstić information content (AvgIpc) is 3.42. The van der Waals surface area contributed by atoms with Gasteiger partial charge in [0.2, 0.25) is 5.91 Å². The molecule has 0 spiro atoms. The monoisotopic (exact) mass is 391 g/mol. The molecule has 6 heteroatoms. The van der Waals surface area contributed by atoms with E-state index < -0.39 is 12.0 Å². The van der Waals surface area contributed by atoms with Gasteiger partial charge in [0.1, 0.15) is 11.8 Å². The number of hydrazone groups is 1. The first kappa shape index (κ1) is 19.2. The van der Waals surface area contributed by atoms with Gasteiger partial charge in [0.25, 0.3) is 0 Å². The largest absolute Gasteiger partial charge is 0.461 e. The van der Waals surface area contributed by atoms with E-state index in [9.17, 15) is 9.59 Å². The van der Waals surface area contributed by atoms with E-state index in [1.165, 1.54) is 0 Å². The molecule has 0 N–H and O–H groups in total. The van der Waals surface area contributed by atoms with E-state index in [1.807, 2.05) is 53.4 Å². The lowest BCUT2D eigenvalue weighted by molar-refractivity contribution is -0.135. The predicted octanol–water partition coefficient (Wildman–Crippen LogP) is 3.55. The molecule has 0 aromatic heterocycles. The topological polar surface area (TPSA) is 62.2 Å². The lowest BCUT2D eigenvalue weighted by Crippen LogP contribution is -2.45. The lowest BCUT2D eigenvalue weighted by atomic mass is 10.0. The van der Waals surface area contributed by atoms with Gasteiger partial charge in [-0.25, -0.2) is 4.79 Å². The Labute approximate surface area is 170 Å². The van der Waals surface area contributed by atoms with Gasteiger partial charge in [-0.3, -0.25) is 9.80 Å². The predicted molar refractivity (Wildman–Crippen MR) is 112 cm³/mol. The summed E-state index contributed by atoms with van der Waals surface area (Å²) in [5, 5.41) is 6.15. The highest BCUT2D eigenvalue weighted by atomic mass is 16.5. The summed E-state index contributed by atoms with van der Waals surface area (Å²) in [4.78, 5) is 27.8. The number of hydrogen-bond acceptors (Lipinski definition) is 5. The van der Waals surface area contributed by atoms with E-state index in [1.54, 1.807) is 11.9 Å². The number of ether oxygens (including phenoxy) is 1. The molecule has 1 amide bonds. The summed E-state index contributed by atoms with van der Waals surface area (Å²) in [6, 6.07) is 19.2. The van der Waals surface area contributed by atoms with Crippen LogP contribution >= 0.6 is 0 Å². The second-order valence-corrected chi connectivity index (χ2v) is 7.27. The van der Waals surface area contributed by atoms with Crippen molar-refractivity contribution in [3.8, 4) is 0 Å². The number of benzene rings is 2. The number of carbonyl (C=O) groups is 2. The second-order valence-electron chi connectivity index (χ2n) is 7.27. The van der Waals surface area contributed by atoms with Gasteiger partial charge in [-0.1, -0.05) is 48.5 Å². The number of esters is 1. The Morgan fingerprint density at radius 3 is 2.45 bits per heavy atom. The molecule has 6 nitrogen and oxygen atoms in total. The quantitative estimate of drug-likeness (QED) is 0.732. The highest BCUT2D eigenvalue weighted by Crippen LogP contribution is 2.35. The van der Waals surface area contributed by atoms with Crippen molar-refractivity contribution in [2.24, 2.45) is 5.10 Å². The zero-order chi connectivity index (χ0) is 20.2. The third-order valence-electron chi connectivity index (χ3n) is 5.45. The average molecular weight is 391 g/mol. The Hall–Kier alpha value is -3.15. The maximum atomic E-state index is 13.6. The van der Waals surface area contributed by atoms with Crippen molar-refractivity contribution in [1.29, 1.82) is 0 Å². The van der Waals surface area contributed by atoms with Gasteiger partial charge in [0.05, 0.1) is 18.3 Å². The molecule has 2 aromatic rings. The molecule has 2 unspecified atom stereocenters. The van der Waals surface area contributed by atoms with Crippen molar-refractivity contribution in [3.05, 3.63) is 66.2 Å². The first-order valence-electron chi connectivity index (χ1n) is 10.1. The summed E-state index contributed by atoms with van der Waals surface area (Å²) in [7, 11) is 0. The molecule has 4 rings (SSSR count). The number of amides is 1. The first-order valence-corrected chi connectivity index (χ1v) is 10.1. The van der Waals surface area contributed by atoms with Crippen molar-refractivity contribution in [2.45, 2.75) is 38.3 Å². The van der Waals surface area contributed by atoms with Crippen LogP contribution in [0.1, 0.15) is 37.8 Å². The summed E-state index contributed by atoms with van der Waals surface area (Å²) in [5.74, 6) is -0.451. The Bertz CT molecular complexity index is 898. The van der Waals surface area contributed by atoms with Crippen molar-refractivity contribution in [1.82, 2.24) is 4.90 Å². The van der Waals surface area contributed by atoms with Crippen LogP contribution in [-0.2, 0) is 14.3 Å². The van der Waals surface area contributed by atoms with Gasteiger partial charge < -0.3 is 9.64 Å². The Morgan fingerprint density at radius 1 is 1.07 bits per heavy atom. The van der Waals surface area contributed by atoms with Gasteiger partial charge in [0.15, 0.2) is 0 Å². The molecule has 29 heavy (non-hydrogen) atoms. The number of rotatable bonds is 5. The van der Waals surface area contributed by atoms with Crippen molar-refractivity contribution < 1.29 is 14.3 Å². The van der Waals surface area contributed by atoms with Crippen LogP contribution in [0.5, 0.6) is 0 Å². The van der Waals surface area contributed by atoms with Crippen molar-refractivity contribution in [3.63, 3.8) is 0 Å². The second kappa shape index (κ2) is 8.47. The summed E-state index contributed by atoms with van der Waals surface area (Å²) in [5.41, 5.74) is 2.24. The minimum atomic E-state index is -0.541. The highest BCUT2D eigenvalue weighted by molar-refractivity contribution is 6.38. The maximum Gasteiger partial charge on any atom is 0.354 e. The van der Waals surface area contributed by atoms with E-state index in [2.05, 4.69) is 17.2 Å². The smallest absolute Gasteiger partial charge is 0.354 e. The molecule has 2 heterocycles. The van der Waals surface area contributed by atoms with E-state index in [0.29, 0.717) is 12.3 Å². The summed E-state index contributed by atoms with van der Waals surface area (Å²) in [6.07, 6.45) is 2.17. The minimum absolute atomic E-state index is 0.00301. The van der Waals surface area contributed by atoms with Crippen molar-refractivity contribution >= 4 is 23.3 Å². The number of para-hydroxylation sites is 1. The highest BCUT2D eigenvalue weighted by Gasteiger charge is 2.42. The molecule has 150 valence electrons. The molecular formula is C23H25N3O3. The zero-order valence-electron chi connectivity index (χ0n) is 16.5. The molecular weight excluding hydrogens is 366 g/mol. The number of carbonyl (C=O) groups excluding carboxylic acids is 2. The van der Waals surface area contributed by atoms with E-state index in [0.717, 1.165) is 24.1 Å². The van der Waals surface area contributed by atoms with Gasteiger partial charge in [-0.2, -0.15) is 5.10 Å². The summed E-state index contributed by atoms with van der Waals surface area (Å²) < 4.78 is 5.13. The van der Waals surface area contributed by atoms with E-state index in [-0.39, 0.29) is 25.0 Å². The molecule has 1 saturated heterocycles. The number of nitrogens with zero attached hydrogens (tertiary/aromatic N) is 3. The maximum absolute atomic E-state index is 13.6. The number of anilines is 1. The van der Waals surface area contributed by atoms with Crippen molar-refractivity contribution in [2.75, 3.05) is 18.2 Å². The molecule has 0 saturated carbocycles. The molecule has 2 atom stereocenters. The Balaban J connectivity index is 1.61. The minimum Gasteiger partial charge on any atom is -0.461 e. The molecule has 2 aromatic carbocycles. The van der Waals surface area contributed by atoms with Crippen LogP contribution in [-0.4, -0.2) is 41.7 Å². The number of hydrogen-bond donors (Lipinski definition) is 0. The molecule has 1 fully saturated rings. The summed E-state index contributed by atoms with van der Waals surface area (Å²) >= 11 is 0. The van der Waals surface area contributed by atoms with Gasteiger partial charge in [-0.05, 0) is 37.5 Å². The van der Waals surface area contributed by atoms with E-state index >= 15 is 0 Å². The molecule has 0 bridgehead atoms. The fourth-order valence-corrected chi connectivity index (χ4v) is 4.10. The van der Waals surface area contributed by atoms with Crippen LogP contribution < -0.4 is 5.01 Å².